The molecule has 1 heterocycles. The molecular weight excluding hydrogens is 354 g/mol. The summed E-state index contributed by atoms with van der Waals surface area (Å²) in [6.45, 7) is 0.242. The lowest BCUT2D eigenvalue weighted by Gasteiger charge is -2.19. The number of carbonyl (C=O) groups is 1. The van der Waals surface area contributed by atoms with Crippen LogP contribution in [0.3, 0.4) is 0 Å². The van der Waals surface area contributed by atoms with E-state index in [9.17, 15) is 10.1 Å². The maximum atomic E-state index is 12.6. The number of hydrogen-bond donors (Lipinski definition) is 1. The topological polar surface area (TPSA) is 56.1 Å². The molecule has 0 aliphatic heterocycles. The van der Waals surface area contributed by atoms with Crippen LogP contribution in [-0.4, -0.2) is 19.5 Å². The molecule has 0 atom stereocenters. The lowest BCUT2D eigenvalue weighted by Crippen LogP contribution is -2.30. The van der Waals surface area contributed by atoms with Crippen molar-refractivity contribution in [2.75, 3.05) is 23.8 Å². The van der Waals surface area contributed by atoms with Gasteiger partial charge in [-0.25, -0.2) is 0 Å². The van der Waals surface area contributed by atoms with Crippen LogP contribution in [-0.2, 0) is 17.6 Å². The van der Waals surface area contributed by atoms with Gasteiger partial charge in [0.15, 0.2) is 0 Å². The molecule has 1 N–H and O–H groups in total. The van der Waals surface area contributed by atoms with Crippen molar-refractivity contribution in [2.45, 2.75) is 25.7 Å². The fourth-order valence-corrected chi connectivity index (χ4v) is 4.92. The molecule has 4 rings (SSSR count). The van der Waals surface area contributed by atoms with Crippen molar-refractivity contribution in [1.29, 1.82) is 5.26 Å². The van der Waals surface area contributed by atoms with Crippen LogP contribution >= 0.6 is 11.3 Å². The van der Waals surface area contributed by atoms with Gasteiger partial charge in [0, 0.05) is 17.6 Å². The van der Waals surface area contributed by atoms with E-state index in [1.807, 2.05) is 30.1 Å². The van der Waals surface area contributed by atoms with Crippen molar-refractivity contribution in [3.05, 3.63) is 58.5 Å². The van der Waals surface area contributed by atoms with Crippen molar-refractivity contribution in [2.24, 2.45) is 0 Å². The summed E-state index contributed by atoms with van der Waals surface area (Å²) in [5.74, 6) is -0.0965. The number of rotatable bonds is 4. The quantitative estimate of drug-likeness (QED) is 0.717. The zero-order chi connectivity index (χ0) is 18.8. The summed E-state index contributed by atoms with van der Waals surface area (Å²) in [6.07, 6.45) is 4.25. The number of likely N-dealkylation sites (N-methyl/N-ethyl adjacent to an activating group) is 1. The molecule has 0 radical (unpaired) electrons. The highest BCUT2D eigenvalue weighted by atomic mass is 32.1. The SMILES string of the molecule is CN(CC(=O)Nc1sc2c(c1C#N)CCCC2)c1ccc2ccccc2c1. The van der Waals surface area contributed by atoms with Gasteiger partial charge in [0.05, 0.1) is 12.1 Å². The first-order valence-electron chi connectivity index (χ1n) is 9.20. The first-order chi connectivity index (χ1) is 13.2. The highest BCUT2D eigenvalue weighted by Crippen LogP contribution is 2.37. The number of anilines is 2. The molecule has 0 saturated heterocycles. The van der Waals surface area contributed by atoms with Gasteiger partial charge in [0.1, 0.15) is 11.1 Å². The van der Waals surface area contributed by atoms with Gasteiger partial charge in [-0.15, -0.1) is 11.3 Å². The first kappa shape index (κ1) is 17.6. The summed E-state index contributed by atoms with van der Waals surface area (Å²) in [5, 5.41) is 15.5. The molecule has 27 heavy (non-hydrogen) atoms. The molecule has 1 aliphatic rings. The molecule has 5 heteroatoms. The van der Waals surface area contributed by atoms with Gasteiger partial charge < -0.3 is 10.2 Å². The normalized spacial score (nSPS) is 13.0. The monoisotopic (exact) mass is 375 g/mol. The number of thiophene rings is 1. The molecule has 1 aromatic heterocycles. The zero-order valence-electron chi connectivity index (χ0n) is 15.3. The predicted octanol–water partition coefficient (Wildman–Crippen LogP) is 4.73. The fourth-order valence-electron chi connectivity index (χ4n) is 3.66. The highest BCUT2D eigenvalue weighted by Gasteiger charge is 2.22. The lowest BCUT2D eigenvalue weighted by molar-refractivity contribution is -0.114. The summed E-state index contributed by atoms with van der Waals surface area (Å²) < 4.78 is 0. The number of aryl methyl sites for hydroxylation is 1. The van der Waals surface area contributed by atoms with Crippen molar-refractivity contribution < 1.29 is 4.79 Å². The lowest BCUT2D eigenvalue weighted by atomic mass is 9.96. The van der Waals surface area contributed by atoms with Crippen LogP contribution < -0.4 is 10.2 Å². The van der Waals surface area contributed by atoms with E-state index in [1.54, 1.807) is 11.3 Å². The Kier molecular flexibility index (Phi) is 4.83. The van der Waals surface area contributed by atoms with E-state index in [4.69, 9.17) is 0 Å². The second-order valence-electron chi connectivity index (χ2n) is 6.96. The second-order valence-corrected chi connectivity index (χ2v) is 8.07. The summed E-state index contributed by atoms with van der Waals surface area (Å²) in [6, 6.07) is 16.7. The molecule has 0 unspecified atom stereocenters. The smallest absolute Gasteiger partial charge is 0.244 e. The van der Waals surface area contributed by atoms with Gasteiger partial charge >= 0.3 is 0 Å². The Balaban J connectivity index is 1.49. The van der Waals surface area contributed by atoms with Gasteiger partial charge in [0.2, 0.25) is 5.91 Å². The Morgan fingerprint density at radius 3 is 2.78 bits per heavy atom. The average Bonchev–Trinajstić information content (AvgIpc) is 3.04. The van der Waals surface area contributed by atoms with Crippen molar-refractivity contribution in [3.8, 4) is 6.07 Å². The maximum Gasteiger partial charge on any atom is 0.244 e. The summed E-state index contributed by atoms with van der Waals surface area (Å²) in [4.78, 5) is 15.8. The minimum atomic E-state index is -0.0965. The molecule has 0 fully saturated rings. The zero-order valence-corrected chi connectivity index (χ0v) is 16.1. The van der Waals surface area contributed by atoms with Crippen LogP contribution in [0.4, 0.5) is 10.7 Å². The van der Waals surface area contributed by atoms with Gasteiger partial charge in [-0.05, 0) is 54.2 Å². The third-order valence-corrected chi connectivity index (χ3v) is 6.30. The molecule has 3 aromatic rings. The Morgan fingerprint density at radius 2 is 1.96 bits per heavy atom. The van der Waals surface area contributed by atoms with Gasteiger partial charge in [-0.1, -0.05) is 30.3 Å². The minimum absolute atomic E-state index is 0.0965. The van der Waals surface area contributed by atoms with Crippen molar-refractivity contribution in [1.82, 2.24) is 0 Å². The number of nitriles is 1. The molecular formula is C22H21N3OS. The number of hydrogen-bond acceptors (Lipinski definition) is 4. The highest BCUT2D eigenvalue weighted by molar-refractivity contribution is 7.16. The van der Waals surface area contributed by atoms with Crippen LogP contribution in [0.15, 0.2) is 42.5 Å². The first-order valence-corrected chi connectivity index (χ1v) is 10.0. The molecule has 0 spiro atoms. The second kappa shape index (κ2) is 7.42. The number of amides is 1. The van der Waals surface area contributed by atoms with Crippen molar-refractivity contribution >= 4 is 38.7 Å². The number of nitrogens with zero attached hydrogens (tertiary/aromatic N) is 2. The standard InChI is InChI=1S/C22H21N3OS/c1-25(17-11-10-15-6-2-3-7-16(15)12-17)14-21(26)24-22-19(13-23)18-8-4-5-9-20(18)27-22/h2-3,6-7,10-12H,4-5,8-9,14H2,1H3,(H,24,26). The number of fused-ring (bicyclic) bond motifs is 2. The van der Waals surface area contributed by atoms with Gasteiger partial charge in [-0.2, -0.15) is 5.26 Å². The van der Waals surface area contributed by atoms with Gasteiger partial charge in [0.25, 0.3) is 0 Å². The van der Waals surface area contributed by atoms with Crippen LogP contribution in [0.5, 0.6) is 0 Å². The fraction of sp³-hybridized carbons (Fsp3) is 0.273. The number of benzene rings is 2. The minimum Gasteiger partial charge on any atom is -0.365 e. The molecule has 4 nitrogen and oxygen atoms in total. The Bertz CT molecular complexity index is 1050. The molecule has 2 aromatic carbocycles. The van der Waals surface area contributed by atoms with E-state index >= 15 is 0 Å². The van der Waals surface area contributed by atoms with E-state index in [0.29, 0.717) is 10.6 Å². The van der Waals surface area contributed by atoms with E-state index in [2.05, 4.69) is 35.7 Å². The van der Waals surface area contributed by atoms with Gasteiger partial charge in [-0.3, -0.25) is 4.79 Å². The molecule has 1 aliphatic carbocycles. The molecule has 0 bridgehead atoms. The van der Waals surface area contributed by atoms with E-state index in [0.717, 1.165) is 42.3 Å². The molecule has 136 valence electrons. The van der Waals surface area contributed by atoms with Crippen LogP contribution in [0, 0.1) is 11.3 Å². The molecule has 0 saturated carbocycles. The Morgan fingerprint density at radius 1 is 1.19 bits per heavy atom. The number of carbonyl (C=O) groups excluding carboxylic acids is 1. The largest absolute Gasteiger partial charge is 0.365 e. The van der Waals surface area contributed by atoms with E-state index in [1.165, 1.54) is 10.3 Å². The molecule has 1 amide bonds. The third kappa shape index (κ3) is 3.54. The maximum absolute atomic E-state index is 12.6. The summed E-state index contributed by atoms with van der Waals surface area (Å²) in [5.41, 5.74) is 2.80. The summed E-state index contributed by atoms with van der Waals surface area (Å²) >= 11 is 1.57. The summed E-state index contributed by atoms with van der Waals surface area (Å²) in [7, 11) is 1.91. The van der Waals surface area contributed by atoms with Crippen LogP contribution in [0.1, 0.15) is 28.8 Å². The van der Waals surface area contributed by atoms with E-state index in [-0.39, 0.29) is 12.5 Å². The van der Waals surface area contributed by atoms with Crippen molar-refractivity contribution in [3.63, 3.8) is 0 Å². The number of nitrogens with one attached hydrogen (secondary N) is 1. The Labute approximate surface area is 163 Å². The third-order valence-electron chi connectivity index (χ3n) is 5.09. The average molecular weight is 375 g/mol. The van der Waals surface area contributed by atoms with E-state index < -0.39 is 0 Å². The predicted molar refractivity (Wildman–Crippen MR) is 112 cm³/mol. The Hall–Kier alpha value is -2.84. The van der Waals surface area contributed by atoms with Crippen LogP contribution in [0.25, 0.3) is 10.8 Å². The van der Waals surface area contributed by atoms with Crippen LogP contribution in [0.2, 0.25) is 0 Å².